The van der Waals surface area contributed by atoms with E-state index in [4.69, 9.17) is 27.1 Å². The van der Waals surface area contributed by atoms with E-state index < -0.39 is 17.8 Å². The summed E-state index contributed by atoms with van der Waals surface area (Å²) in [6.45, 7) is 8.68. The minimum Gasteiger partial charge on any atom is -0.462 e. The van der Waals surface area contributed by atoms with Gasteiger partial charge in [0.2, 0.25) is 11.8 Å². The van der Waals surface area contributed by atoms with Crippen LogP contribution in [0, 0.1) is 6.92 Å². The molecule has 0 fully saturated rings. The van der Waals surface area contributed by atoms with E-state index in [-0.39, 0.29) is 35.1 Å². The van der Waals surface area contributed by atoms with Gasteiger partial charge in [-0.1, -0.05) is 24.0 Å². The molecular formula is C16H23N3O5S2. The molecule has 0 atom stereocenters. The summed E-state index contributed by atoms with van der Waals surface area (Å²) in [6.07, 6.45) is 0. The van der Waals surface area contributed by atoms with Gasteiger partial charge in [0.25, 0.3) is 5.91 Å². The Labute approximate surface area is 161 Å². The van der Waals surface area contributed by atoms with Gasteiger partial charge in [-0.15, -0.1) is 0 Å². The molecule has 0 aliphatic rings. The Bertz CT molecular complexity index is 698. The van der Waals surface area contributed by atoms with Crippen LogP contribution in [0.2, 0.25) is 0 Å². The summed E-state index contributed by atoms with van der Waals surface area (Å²) >= 11 is 6.46. The molecule has 3 N–H and O–H groups in total. The Morgan fingerprint density at radius 3 is 2.35 bits per heavy atom. The lowest BCUT2D eigenvalue weighted by Crippen LogP contribution is -2.28. The fourth-order valence-electron chi connectivity index (χ4n) is 2.18. The number of hydrogen-bond donors (Lipinski definition) is 2. The second-order valence-electron chi connectivity index (χ2n) is 5.10. The normalized spacial score (nSPS) is 10.3. The van der Waals surface area contributed by atoms with E-state index in [0.717, 1.165) is 13.1 Å². The Morgan fingerprint density at radius 1 is 1.23 bits per heavy atom. The quantitative estimate of drug-likeness (QED) is 0.503. The van der Waals surface area contributed by atoms with Crippen LogP contribution in [0.3, 0.4) is 0 Å². The lowest BCUT2D eigenvalue weighted by atomic mass is 10.1. The van der Waals surface area contributed by atoms with E-state index in [9.17, 15) is 14.4 Å². The predicted molar refractivity (Wildman–Crippen MR) is 105 cm³/mol. The molecule has 10 heteroatoms. The van der Waals surface area contributed by atoms with Gasteiger partial charge in [-0.05, 0) is 27.7 Å². The smallest absolute Gasteiger partial charge is 0.342 e. The molecule has 0 radical (unpaired) electrons. The minimum absolute atomic E-state index is 0.0298. The maximum Gasteiger partial charge on any atom is 0.342 e. The zero-order chi connectivity index (χ0) is 19.9. The molecule has 0 aliphatic heterocycles. The highest BCUT2D eigenvalue weighted by molar-refractivity contribution is 8.23. The molecule has 0 saturated carbocycles. The average Bonchev–Trinajstić information content (AvgIpc) is 2.90. The van der Waals surface area contributed by atoms with E-state index in [1.807, 2.05) is 18.7 Å². The van der Waals surface area contributed by atoms with Crippen molar-refractivity contribution >= 4 is 52.0 Å². The van der Waals surface area contributed by atoms with Gasteiger partial charge in [-0.2, -0.15) is 0 Å². The molecule has 2 amide bonds. The molecule has 26 heavy (non-hydrogen) atoms. The standard InChI is InChI=1S/C16H23N3O5S2/c1-5-19(6-2)16(25)26-8-10(20)18-14-12(13(17)21)11(9(4)24-14)15(22)23-7-3/h5-8H2,1-4H3,(H2,17,21)(H,18,20). The highest BCUT2D eigenvalue weighted by Crippen LogP contribution is 2.27. The molecule has 0 unspecified atom stereocenters. The topological polar surface area (TPSA) is 115 Å². The van der Waals surface area contributed by atoms with Crippen LogP contribution in [0.25, 0.3) is 0 Å². The van der Waals surface area contributed by atoms with Gasteiger partial charge in [-0.25, -0.2) is 4.79 Å². The predicted octanol–water partition coefficient (Wildman–Crippen LogP) is 2.16. The van der Waals surface area contributed by atoms with Gasteiger partial charge in [0.1, 0.15) is 21.2 Å². The third-order valence-corrected chi connectivity index (χ3v) is 4.93. The molecule has 0 aliphatic carbocycles. The summed E-state index contributed by atoms with van der Waals surface area (Å²) in [6, 6.07) is 0. The van der Waals surface area contributed by atoms with Crippen molar-refractivity contribution < 1.29 is 23.5 Å². The molecule has 144 valence electrons. The summed E-state index contributed by atoms with van der Waals surface area (Å²) in [4.78, 5) is 37.9. The van der Waals surface area contributed by atoms with Crippen molar-refractivity contribution in [2.45, 2.75) is 27.7 Å². The number of aryl methyl sites for hydroxylation is 1. The number of esters is 1. The number of nitrogens with one attached hydrogen (secondary N) is 1. The molecule has 0 aromatic carbocycles. The Balaban J connectivity index is 2.91. The first-order valence-corrected chi connectivity index (χ1v) is 9.47. The van der Waals surface area contributed by atoms with Crippen LogP contribution >= 0.6 is 24.0 Å². The first-order chi connectivity index (χ1) is 12.3. The van der Waals surface area contributed by atoms with Gasteiger partial charge >= 0.3 is 5.97 Å². The van der Waals surface area contributed by atoms with Gasteiger partial charge in [0.15, 0.2) is 0 Å². The zero-order valence-electron chi connectivity index (χ0n) is 15.2. The molecular weight excluding hydrogens is 378 g/mol. The van der Waals surface area contributed by atoms with Crippen molar-refractivity contribution in [3.63, 3.8) is 0 Å². The molecule has 0 bridgehead atoms. The van der Waals surface area contributed by atoms with Crippen molar-refractivity contribution in [1.29, 1.82) is 0 Å². The SMILES string of the molecule is CCOC(=O)c1c(C)oc(NC(=O)CSC(=S)N(CC)CC)c1C(N)=O. The Hall–Kier alpha value is -2.07. The third-order valence-electron chi connectivity index (χ3n) is 3.41. The summed E-state index contributed by atoms with van der Waals surface area (Å²) in [5.74, 6) is -2.07. The fourth-order valence-corrected chi connectivity index (χ4v) is 3.38. The largest absolute Gasteiger partial charge is 0.462 e. The highest BCUT2D eigenvalue weighted by Gasteiger charge is 2.29. The number of thiocarbonyl (C=S) groups is 1. The molecule has 1 aromatic heterocycles. The average molecular weight is 402 g/mol. The number of hydrogen-bond acceptors (Lipinski definition) is 7. The number of ether oxygens (including phenoxy) is 1. The second-order valence-corrected chi connectivity index (χ2v) is 6.71. The molecule has 1 rings (SSSR count). The third kappa shape index (κ3) is 5.46. The molecule has 8 nitrogen and oxygen atoms in total. The van der Waals surface area contributed by atoms with Crippen molar-refractivity contribution in [2.24, 2.45) is 5.73 Å². The number of carbonyl (C=O) groups excluding carboxylic acids is 3. The zero-order valence-corrected chi connectivity index (χ0v) is 16.8. The monoisotopic (exact) mass is 401 g/mol. The van der Waals surface area contributed by atoms with Crippen molar-refractivity contribution in [3.8, 4) is 0 Å². The number of carbonyl (C=O) groups is 3. The van der Waals surface area contributed by atoms with Crippen LogP contribution < -0.4 is 11.1 Å². The summed E-state index contributed by atoms with van der Waals surface area (Å²) < 4.78 is 10.9. The first-order valence-electron chi connectivity index (χ1n) is 8.08. The molecule has 0 saturated heterocycles. The van der Waals surface area contributed by atoms with Crippen molar-refractivity contribution in [3.05, 3.63) is 16.9 Å². The molecule has 1 heterocycles. The van der Waals surface area contributed by atoms with Crippen LogP contribution in [0.4, 0.5) is 5.88 Å². The first kappa shape index (κ1) is 22.0. The van der Waals surface area contributed by atoms with Crippen molar-refractivity contribution in [2.75, 3.05) is 30.8 Å². The highest BCUT2D eigenvalue weighted by atomic mass is 32.2. The Kier molecular flexibility index (Phi) is 8.59. The lowest BCUT2D eigenvalue weighted by molar-refractivity contribution is -0.113. The molecule has 0 spiro atoms. The second kappa shape index (κ2) is 10.2. The number of nitrogens with two attached hydrogens (primary N) is 1. The van der Waals surface area contributed by atoms with Crippen LogP contribution in [0.5, 0.6) is 0 Å². The van der Waals surface area contributed by atoms with Crippen molar-refractivity contribution in [1.82, 2.24) is 4.90 Å². The fraction of sp³-hybridized carbons (Fsp3) is 0.500. The van der Waals surface area contributed by atoms with E-state index in [1.54, 1.807) is 6.92 Å². The van der Waals surface area contributed by atoms with Crippen LogP contribution in [0.15, 0.2) is 4.42 Å². The van der Waals surface area contributed by atoms with Crippen LogP contribution in [-0.2, 0) is 9.53 Å². The maximum absolute atomic E-state index is 12.2. The number of nitrogens with zero attached hydrogens (tertiary/aromatic N) is 1. The number of amides is 2. The number of primary amides is 1. The van der Waals surface area contributed by atoms with Gasteiger partial charge in [0, 0.05) is 13.1 Å². The molecule has 1 aromatic rings. The summed E-state index contributed by atoms with van der Waals surface area (Å²) in [5, 5.41) is 2.47. The number of anilines is 1. The lowest BCUT2D eigenvalue weighted by Gasteiger charge is -2.20. The minimum atomic E-state index is -0.897. The van der Waals surface area contributed by atoms with E-state index >= 15 is 0 Å². The van der Waals surface area contributed by atoms with Crippen LogP contribution in [0.1, 0.15) is 47.2 Å². The van der Waals surface area contributed by atoms with Gasteiger partial charge < -0.3 is 19.8 Å². The number of furan rings is 1. The van der Waals surface area contributed by atoms with E-state index in [1.165, 1.54) is 18.7 Å². The van der Waals surface area contributed by atoms with Gasteiger partial charge in [-0.3, -0.25) is 14.9 Å². The number of rotatable bonds is 8. The summed E-state index contributed by atoms with van der Waals surface area (Å²) in [7, 11) is 0. The Morgan fingerprint density at radius 2 is 1.85 bits per heavy atom. The van der Waals surface area contributed by atoms with E-state index in [0.29, 0.717) is 4.32 Å². The van der Waals surface area contributed by atoms with Gasteiger partial charge in [0.05, 0.1) is 12.4 Å². The summed E-state index contributed by atoms with van der Waals surface area (Å²) in [5.41, 5.74) is 5.06. The van der Waals surface area contributed by atoms with Crippen LogP contribution in [-0.4, -0.2) is 52.5 Å². The maximum atomic E-state index is 12.2. The number of thioether (sulfide) groups is 1. The van der Waals surface area contributed by atoms with E-state index in [2.05, 4.69) is 5.32 Å².